The number of nitrogens with one attached hydrogen (secondary N) is 1. The predicted octanol–water partition coefficient (Wildman–Crippen LogP) is 1.51. The van der Waals surface area contributed by atoms with Crippen LogP contribution in [0, 0.1) is 0 Å². The van der Waals surface area contributed by atoms with Crippen LogP contribution in [0.25, 0.3) is 0 Å². The van der Waals surface area contributed by atoms with E-state index >= 15 is 0 Å². The van der Waals surface area contributed by atoms with Crippen LogP contribution in [-0.4, -0.2) is 23.8 Å². The maximum atomic E-state index is 9.14. The Morgan fingerprint density at radius 3 is 2.40 bits per heavy atom. The van der Waals surface area contributed by atoms with Crippen molar-refractivity contribution in [3.8, 4) is 0 Å². The van der Waals surface area contributed by atoms with Crippen LogP contribution in [0.2, 0.25) is 0 Å². The summed E-state index contributed by atoms with van der Waals surface area (Å²) in [7, 11) is 0. The van der Waals surface area contributed by atoms with Gasteiger partial charge in [-0.05, 0) is 30.4 Å². The second-order valence-corrected chi connectivity index (χ2v) is 4.33. The van der Waals surface area contributed by atoms with Crippen LogP contribution in [0.5, 0.6) is 0 Å². The molecule has 1 aliphatic rings. The maximum Gasteiger partial charge on any atom is 0.0584 e. The Labute approximate surface area is 91.3 Å². The molecule has 0 saturated carbocycles. The third kappa shape index (κ3) is 2.39. The summed E-state index contributed by atoms with van der Waals surface area (Å²) in [6.45, 7) is 2.35. The summed E-state index contributed by atoms with van der Waals surface area (Å²) in [5.41, 5.74) is 2.92. The molecule has 1 atom stereocenters. The van der Waals surface area contributed by atoms with Gasteiger partial charge in [0.05, 0.1) is 6.61 Å². The number of rotatable bonds is 4. The van der Waals surface area contributed by atoms with Crippen LogP contribution in [-0.2, 0) is 12.8 Å². The second-order valence-electron chi connectivity index (χ2n) is 4.33. The van der Waals surface area contributed by atoms with Crippen molar-refractivity contribution in [2.45, 2.75) is 38.3 Å². The van der Waals surface area contributed by atoms with E-state index < -0.39 is 0 Å². The molecule has 0 radical (unpaired) electrons. The van der Waals surface area contributed by atoms with Gasteiger partial charge in [0.15, 0.2) is 0 Å². The Morgan fingerprint density at radius 1 is 1.33 bits per heavy atom. The van der Waals surface area contributed by atoms with E-state index in [0.29, 0.717) is 6.04 Å². The van der Waals surface area contributed by atoms with E-state index in [1.165, 1.54) is 11.1 Å². The van der Waals surface area contributed by atoms with Crippen molar-refractivity contribution in [1.29, 1.82) is 0 Å². The molecule has 2 N–H and O–H groups in total. The fourth-order valence-electron chi connectivity index (χ4n) is 2.31. The fraction of sp³-hybridized carbons (Fsp3) is 0.538. The molecule has 2 heteroatoms. The van der Waals surface area contributed by atoms with E-state index in [0.717, 1.165) is 19.3 Å². The number of hydrogen-bond acceptors (Lipinski definition) is 2. The van der Waals surface area contributed by atoms with E-state index in [2.05, 4.69) is 36.5 Å². The number of hydrogen-bond donors (Lipinski definition) is 2. The van der Waals surface area contributed by atoms with Gasteiger partial charge < -0.3 is 10.4 Å². The smallest absolute Gasteiger partial charge is 0.0584 e. The molecule has 0 aromatic heterocycles. The van der Waals surface area contributed by atoms with Crippen LogP contribution in [0.15, 0.2) is 24.3 Å². The van der Waals surface area contributed by atoms with E-state index in [-0.39, 0.29) is 12.6 Å². The number of benzene rings is 1. The summed E-state index contributed by atoms with van der Waals surface area (Å²) < 4.78 is 0. The minimum absolute atomic E-state index is 0.239. The summed E-state index contributed by atoms with van der Waals surface area (Å²) in [5, 5.41) is 12.7. The molecule has 0 bridgehead atoms. The Kier molecular flexibility index (Phi) is 3.39. The topological polar surface area (TPSA) is 32.3 Å². The van der Waals surface area contributed by atoms with Gasteiger partial charge in [0.2, 0.25) is 0 Å². The highest BCUT2D eigenvalue weighted by Crippen LogP contribution is 2.21. The standard InChI is InChI=1S/C13H19NO/c1-2-12(9-15)14-13-7-10-5-3-4-6-11(10)8-13/h3-6,12-15H,2,7-9H2,1H3/t12-/m1/s1. The Hall–Kier alpha value is -0.860. The molecule has 1 aromatic rings. The van der Waals surface area contributed by atoms with Crippen LogP contribution in [0.4, 0.5) is 0 Å². The largest absolute Gasteiger partial charge is 0.395 e. The molecule has 0 fully saturated rings. The third-order valence-electron chi connectivity index (χ3n) is 3.24. The number of fused-ring (bicyclic) bond motifs is 1. The molecule has 15 heavy (non-hydrogen) atoms. The zero-order chi connectivity index (χ0) is 10.7. The Bertz CT molecular complexity index is 295. The first-order valence-corrected chi connectivity index (χ1v) is 5.77. The average molecular weight is 205 g/mol. The second kappa shape index (κ2) is 4.77. The molecule has 0 spiro atoms. The Balaban J connectivity index is 1.95. The zero-order valence-corrected chi connectivity index (χ0v) is 9.24. The maximum absolute atomic E-state index is 9.14. The van der Waals surface area contributed by atoms with Crippen LogP contribution in [0.3, 0.4) is 0 Å². The normalized spacial score (nSPS) is 17.7. The molecule has 82 valence electrons. The van der Waals surface area contributed by atoms with Gasteiger partial charge >= 0.3 is 0 Å². The lowest BCUT2D eigenvalue weighted by Gasteiger charge is -2.19. The molecular formula is C13H19NO. The van der Waals surface area contributed by atoms with Crippen molar-refractivity contribution in [3.63, 3.8) is 0 Å². The SMILES string of the molecule is CC[C@H](CO)NC1Cc2ccccc2C1. The summed E-state index contributed by atoms with van der Waals surface area (Å²) in [5.74, 6) is 0. The quantitative estimate of drug-likeness (QED) is 0.781. The first-order chi connectivity index (χ1) is 7.33. The van der Waals surface area contributed by atoms with Crippen molar-refractivity contribution in [2.75, 3.05) is 6.61 Å². The van der Waals surface area contributed by atoms with Gasteiger partial charge in [-0.3, -0.25) is 0 Å². The molecule has 0 amide bonds. The molecule has 1 aromatic carbocycles. The molecule has 2 nitrogen and oxygen atoms in total. The minimum Gasteiger partial charge on any atom is -0.395 e. The van der Waals surface area contributed by atoms with Gasteiger partial charge in [0.1, 0.15) is 0 Å². The fourth-order valence-corrected chi connectivity index (χ4v) is 2.31. The van der Waals surface area contributed by atoms with Gasteiger partial charge in [-0.2, -0.15) is 0 Å². The van der Waals surface area contributed by atoms with E-state index in [1.807, 2.05) is 0 Å². The molecular weight excluding hydrogens is 186 g/mol. The van der Waals surface area contributed by atoms with Crippen LogP contribution >= 0.6 is 0 Å². The van der Waals surface area contributed by atoms with Crippen molar-refractivity contribution >= 4 is 0 Å². The monoisotopic (exact) mass is 205 g/mol. The lowest BCUT2D eigenvalue weighted by Crippen LogP contribution is -2.40. The first kappa shape index (κ1) is 10.7. The van der Waals surface area contributed by atoms with Crippen LogP contribution < -0.4 is 5.32 Å². The van der Waals surface area contributed by atoms with Crippen molar-refractivity contribution in [1.82, 2.24) is 5.32 Å². The average Bonchev–Trinajstić information content (AvgIpc) is 2.68. The van der Waals surface area contributed by atoms with Crippen molar-refractivity contribution in [3.05, 3.63) is 35.4 Å². The summed E-state index contributed by atoms with van der Waals surface area (Å²) in [6.07, 6.45) is 3.20. The van der Waals surface area contributed by atoms with Gasteiger partial charge in [-0.1, -0.05) is 31.2 Å². The highest BCUT2D eigenvalue weighted by molar-refractivity contribution is 5.33. The third-order valence-corrected chi connectivity index (χ3v) is 3.24. The Morgan fingerprint density at radius 2 is 1.93 bits per heavy atom. The van der Waals surface area contributed by atoms with E-state index in [1.54, 1.807) is 0 Å². The van der Waals surface area contributed by atoms with Gasteiger partial charge in [0, 0.05) is 12.1 Å². The van der Waals surface area contributed by atoms with Gasteiger partial charge in [0.25, 0.3) is 0 Å². The summed E-state index contributed by atoms with van der Waals surface area (Å²) in [6, 6.07) is 9.38. The van der Waals surface area contributed by atoms with E-state index in [4.69, 9.17) is 5.11 Å². The number of aliphatic hydroxyl groups is 1. The minimum atomic E-state index is 0.239. The molecule has 0 heterocycles. The zero-order valence-electron chi connectivity index (χ0n) is 9.24. The van der Waals surface area contributed by atoms with E-state index in [9.17, 15) is 0 Å². The molecule has 1 aliphatic carbocycles. The van der Waals surface area contributed by atoms with Crippen LogP contribution in [0.1, 0.15) is 24.5 Å². The van der Waals surface area contributed by atoms with Gasteiger partial charge in [-0.25, -0.2) is 0 Å². The molecule has 0 aliphatic heterocycles. The summed E-state index contributed by atoms with van der Waals surface area (Å²) in [4.78, 5) is 0. The van der Waals surface area contributed by atoms with Crippen molar-refractivity contribution < 1.29 is 5.11 Å². The molecule has 0 saturated heterocycles. The van der Waals surface area contributed by atoms with Gasteiger partial charge in [-0.15, -0.1) is 0 Å². The highest BCUT2D eigenvalue weighted by atomic mass is 16.3. The number of aliphatic hydroxyl groups excluding tert-OH is 1. The van der Waals surface area contributed by atoms with Crippen molar-refractivity contribution in [2.24, 2.45) is 0 Å². The lowest BCUT2D eigenvalue weighted by molar-refractivity contribution is 0.228. The predicted molar refractivity (Wildman–Crippen MR) is 61.9 cm³/mol. The highest BCUT2D eigenvalue weighted by Gasteiger charge is 2.22. The molecule has 0 unspecified atom stereocenters. The first-order valence-electron chi connectivity index (χ1n) is 5.77. The summed E-state index contributed by atoms with van der Waals surface area (Å²) >= 11 is 0. The molecule has 2 rings (SSSR count). The lowest BCUT2D eigenvalue weighted by atomic mass is 10.1.